The molecule has 0 aliphatic heterocycles. The lowest BCUT2D eigenvalue weighted by Gasteiger charge is -2.23. The maximum atomic E-state index is 11.9. The van der Waals surface area contributed by atoms with E-state index in [1.807, 2.05) is 24.5 Å². The number of anilines is 1. The summed E-state index contributed by atoms with van der Waals surface area (Å²) in [4.78, 5) is 16.1. The van der Waals surface area contributed by atoms with Crippen molar-refractivity contribution in [3.63, 3.8) is 0 Å². The number of nitrogens with zero attached hydrogens (tertiary/aromatic N) is 2. The highest BCUT2D eigenvalue weighted by Gasteiger charge is 2.28. The molecule has 0 aliphatic rings. The summed E-state index contributed by atoms with van der Waals surface area (Å²) in [6.07, 6.45) is 0. The number of hydrogen-bond donors (Lipinski definition) is 2. The molecule has 1 amide bonds. The van der Waals surface area contributed by atoms with Crippen LogP contribution in [0.2, 0.25) is 5.02 Å². The van der Waals surface area contributed by atoms with Crippen molar-refractivity contribution in [3.05, 3.63) is 23.2 Å². The number of imidazole rings is 1. The standard InChI is InChI=1S/C13H17ClN4O/c1-13(2,11(19)16-3)7-18-10-5-4-8(14)6-9(10)17-12(18)15/h4-6H,7H2,1-3H3,(H2,15,17)(H,16,19). The number of aromatic nitrogens is 2. The van der Waals surface area contributed by atoms with E-state index in [0.29, 0.717) is 17.5 Å². The lowest BCUT2D eigenvalue weighted by molar-refractivity contribution is -0.129. The largest absolute Gasteiger partial charge is 0.369 e. The second kappa shape index (κ2) is 4.74. The van der Waals surface area contributed by atoms with E-state index in [1.165, 1.54) is 0 Å². The first-order chi connectivity index (χ1) is 8.85. The predicted molar refractivity (Wildman–Crippen MR) is 77.0 cm³/mol. The quantitative estimate of drug-likeness (QED) is 0.904. The molecule has 3 N–H and O–H groups in total. The molecule has 1 heterocycles. The lowest BCUT2D eigenvalue weighted by atomic mass is 9.92. The van der Waals surface area contributed by atoms with Crippen molar-refractivity contribution < 1.29 is 4.79 Å². The highest BCUT2D eigenvalue weighted by atomic mass is 35.5. The number of carbonyl (C=O) groups is 1. The first kappa shape index (κ1) is 13.7. The van der Waals surface area contributed by atoms with Crippen molar-refractivity contribution >= 4 is 34.5 Å². The minimum absolute atomic E-state index is 0.0392. The van der Waals surface area contributed by atoms with Crippen molar-refractivity contribution in [3.8, 4) is 0 Å². The van der Waals surface area contributed by atoms with Gasteiger partial charge in [0.15, 0.2) is 0 Å². The van der Waals surface area contributed by atoms with E-state index in [-0.39, 0.29) is 5.91 Å². The Bertz CT molecular complexity index is 633. The van der Waals surface area contributed by atoms with Gasteiger partial charge in [-0.25, -0.2) is 4.98 Å². The number of rotatable bonds is 3. The van der Waals surface area contributed by atoms with Crippen LogP contribution in [0, 0.1) is 5.41 Å². The summed E-state index contributed by atoms with van der Waals surface area (Å²) in [6.45, 7) is 4.19. The van der Waals surface area contributed by atoms with Gasteiger partial charge in [-0.2, -0.15) is 0 Å². The Kier molecular flexibility index (Phi) is 3.41. The van der Waals surface area contributed by atoms with Crippen LogP contribution in [0.25, 0.3) is 11.0 Å². The number of hydrogen-bond acceptors (Lipinski definition) is 3. The van der Waals surface area contributed by atoms with E-state index in [9.17, 15) is 4.79 Å². The van der Waals surface area contributed by atoms with E-state index in [1.54, 1.807) is 19.2 Å². The van der Waals surface area contributed by atoms with Crippen LogP contribution >= 0.6 is 11.6 Å². The third-order valence-electron chi connectivity index (χ3n) is 3.13. The fourth-order valence-electron chi connectivity index (χ4n) is 2.09. The van der Waals surface area contributed by atoms with Crippen molar-refractivity contribution in [1.29, 1.82) is 0 Å². The predicted octanol–water partition coefficient (Wildman–Crippen LogP) is 2.04. The zero-order valence-corrected chi connectivity index (χ0v) is 12.0. The molecular weight excluding hydrogens is 264 g/mol. The Hall–Kier alpha value is -1.75. The number of halogens is 1. The molecule has 1 aromatic carbocycles. The molecular formula is C13H17ClN4O. The summed E-state index contributed by atoms with van der Waals surface area (Å²) in [6, 6.07) is 5.41. The summed E-state index contributed by atoms with van der Waals surface area (Å²) >= 11 is 5.93. The molecule has 0 aliphatic carbocycles. The molecule has 0 radical (unpaired) electrons. The average Bonchev–Trinajstić information content (AvgIpc) is 2.63. The molecule has 2 aromatic rings. The molecule has 0 saturated heterocycles. The Labute approximate surface area is 116 Å². The topological polar surface area (TPSA) is 72.9 Å². The van der Waals surface area contributed by atoms with E-state index >= 15 is 0 Å². The van der Waals surface area contributed by atoms with Crippen molar-refractivity contribution in [2.45, 2.75) is 20.4 Å². The van der Waals surface area contributed by atoms with Crippen LogP contribution in [-0.2, 0) is 11.3 Å². The number of benzene rings is 1. The van der Waals surface area contributed by atoms with Gasteiger partial charge in [-0.3, -0.25) is 4.79 Å². The molecule has 1 aromatic heterocycles. The second-order valence-corrected chi connectivity index (χ2v) is 5.59. The molecule has 102 valence electrons. The third kappa shape index (κ3) is 2.51. The normalized spacial score (nSPS) is 11.8. The fourth-order valence-corrected chi connectivity index (χ4v) is 2.26. The van der Waals surface area contributed by atoms with Crippen molar-refractivity contribution in [2.24, 2.45) is 5.41 Å². The smallest absolute Gasteiger partial charge is 0.227 e. The summed E-state index contributed by atoms with van der Waals surface area (Å²) in [5.41, 5.74) is 6.96. The molecule has 0 spiro atoms. The molecule has 5 nitrogen and oxygen atoms in total. The van der Waals surface area contributed by atoms with Gasteiger partial charge in [-0.1, -0.05) is 11.6 Å². The molecule has 0 unspecified atom stereocenters. The summed E-state index contributed by atoms with van der Waals surface area (Å²) < 4.78 is 1.83. The SMILES string of the molecule is CNC(=O)C(C)(C)Cn1c(N)nc2cc(Cl)ccc21. The summed E-state index contributed by atoms with van der Waals surface area (Å²) in [5.74, 6) is 0.344. The Morgan fingerprint density at radius 3 is 2.84 bits per heavy atom. The first-order valence-corrected chi connectivity index (χ1v) is 6.36. The number of nitrogen functional groups attached to an aromatic ring is 1. The minimum Gasteiger partial charge on any atom is -0.369 e. The van der Waals surface area contributed by atoms with Crippen LogP contribution in [0.5, 0.6) is 0 Å². The van der Waals surface area contributed by atoms with Crippen LogP contribution in [0.4, 0.5) is 5.95 Å². The Morgan fingerprint density at radius 2 is 2.21 bits per heavy atom. The van der Waals surface area contributed by atoms with E-state index in [2.05, 4.69) is 10.3 Å². The van der Waals surface area contributed by atoms with Crippen LogP contribution in [0.3, 0.4) is 0 Å². The molecule has 19 heavy (non-hydrogen) atoms. The zero-order chi connectivity index (χ0) is 14.2. The van der Waals surface area contributed by atoms with Crippen molar-refractivity contribution in [2.75, 3.05) is 12.8 Å². The number of fused-ring (bicyclic) bond motifs is 1. The second-order valence-electron chi connectivity index (χ2n) is 5.15. The number of amides is 1. The van der Waals surface area contributed by atoms with E-state index < -0.39 is 5.41 Å². The summed E-state index contributed by atoms with van der Waals surface area (Å²) in [7, 11) is 1.62. The molecule has 0 bridgehead atoms. The van der Waals surface area contributed by atoms with Gasteiger partial charge in [0.2, 0.25) is 11.9 Å². The van der Waals surface area contributed by atoms with Gasteiger partial charge in [0.25, 0.3) is 0 Å². The highest BCUT2D eigenvalue weighted by molar-refractivity contribution is 6.31. The van der Waals surface area contributed by atoms with E-state index in [0.717, 1.165) is 11.0 Å². The third-order valence-corrected chi connectivity index (χ3v) is 3.37. The van der Waals surface area contributed by atoms with Gasteiger partial charge in [0, 0.05) is 18.6 Å². The first-order valence-electron chi connectivity index (χ1n) is 5.98. The van der Waals surface area contributed by atoms with Gasteiger partial charge < -0.3 is 15.6 Å². The minimum atomic E-state index is -0.573. The van der Waals surface area contributed by atoms with Gasteiger partial charge >= 0.3 is 0 Å². The van der Waals surface area contributed by atoms with Crippen LogP contribution in [-0.4, -0.2) is 22.5 Å². The molecule has 2 rings (SSSR count). The molecule has 6 heteroatoms. The zero-order valence-electron chi connectivity index (χ0n) is 11.2. The fraction of sp³-hybridized carbons (Fsp3) is 0.385. The molecule has 0 saturated carbocycles. The maximum absolute atomic E-state index is 11.9. The molecule has 0 fully saturated rings. The van der Waals surface area contributed by atoms with E-state index in [4.69, 9.17) is 17.3 Å². The van der Waals surface area contributed by atoms with Gasteiger partial charge in [0.05, 0.1) is 16.4 Å². The number of nitrogens with one attached hydrogen (secondary N) is 1. The average molecular weight is 281 g/mol. The number of carbonyl (C=O) groups excluding carboxylic acids is 1. The van der Waals surface area contributed by atoms with Crippen molar-refractivity contribution in [1.82, 2.24) is 14.9 Å². The van der Waals surface area contributed by atoms with Gasteiger partial charge in [-0.05, 0) is 32.0 Å². The highest BCUT2D eigenvalue weighted by Crippen LogP contribution is 2.26. The molecule has 0 atom stereocenters. The maximum Gasteiger partial charge on any atom is 0.227 e. The summed E-state index contributed by atoms with van der Waals surface area (Å²) in [5, 5.41) is 3.27. The van der Waals surface area contributed by atoms with Gasteiger partial charge in [0.1, 0.15) is 0 Å². The van der Waals surface area contributed by atoms with Crippen LogP contribution in [0.1, 0.15) is 13.8 Å². The van der Waals surface area contributed by atoms with Gasteiger partial charge in [-0.15, -0.1) is 0 Å². The Morgan fingerprint density at radius 1 is 1.53 bits per heavy atom. The van der Waals surface area contributed by atoms with Crippen LogP contribution in [0.15, 0.2) is 18.2 Å². The number of nitrogens with two attached hydrogens (primary N) is 1. The monoisotopic (exact) mass is 280 g/mol. The van der Waals surface area contributed by atoms with Crippen LogP contribution < -0.4 is 11.1 Å². The lowest BCUT2D eigenvalue weighted by Crippen LogP contribution is -2.37. The Balaban J connectivity index is 2.46.